The highest BCUT2D eigenvalue weighted by atomic mass is 79.9. The van der Waals surface area contributed by atoms with Crippen LogP contribution >= 0.6 is 15.9 Å². The first-order valence-electron chi connectivity index (χ1n) is 5.30. The lowest BCUT2D eigenvalue weighted by Crippen LogP contribution is -2.40. The Kier molecular flexibility index (Phi) is 6.41. The van der Waals surface area contributed by atoms with Crippen molar-refractivity contribution in [3.05, 3.63) is 0 Å². The number of alkyl halides is 1. The molecule has 1 amide bonds. The molecule has 0 rings (SSSR count). The van der Waals surface area contributed by atoms with Gasteiger partial charge in [0.1, 0.15) is 0 Å². The lowest BCUT2D eigenvalue weighted by molar-refractivity contribution is -0.131. The molecule has 0 aromatic rings. The van der Waals surface area contributed by atoms with Crippen LogP contribution in [0.3, 0.4) is 0 Å². The van der Waals surface area contributed by atoms with E-state index in [2.05, 4.69) is 36.7 Å². The van der Waals surface area contributed by atoms with Gasteiger partial charge in [0.05, 0.1) is 4.83 Å². The van der Waals surface area contributed by atoms with Crippen molar-refractivity contribution >= 4 is 21.8 Å². The van der Waals surface area contributed by atoms with E-state index >= 15 is 0 Å². The van der Waals surface area contributed by atoms with Crippen LogP contribution in [0.1, 0.15) is 40.5 Å². The fraction of sp³-hybridized carbons (Fsp3) is 0.909. The van der Waals surface area contributed by atoms with Crippen molar-refractivity contribution < 1.29 is 4.79 Å². The van der Waals surface area contributed by atoms with Crippen LogP contribution in [0.15, 0.2) is 0 Å². The van der Waals surface area contributed by atoms with Crippen molar-refractivity contribution in [3.8, 4) is 0 Å². The summed E-state index contributed by atoms with van der Waals surface area (Å²) < 4.78 is 0. The molecule has 0 heterocycles. The zero-order valence-electron chi connectivity index (χ0n) is 9.88. The van der Waals surface area contributed by atoms with Crippen LogP contribution in [0.5, 0.6) is 0 Å². The molecule has 0 aliphatic carbocycles. The topological polar surface area (TPSA) is 20.3 Å². The summed E-state index contributed by atoms with van der Waals surface area (Å²) in [7, 11) is 1.89. The van der Waals surface area contributed by atoms with E-state index in [1.165, 1.54) is 0 Å². The lowest BCUT2D eigenvalue weighted by Gasteiger charge is -2.28. The van der Waals surface area contributed by atoms with E-state index in [9.17, 15) is 4.79 Å². The monoisotopic (exact) mass is 263 g/mol. The number of rotatable bonds is 5. The molecular formula is C11H22BrNO. The summed E-state index contributed by atoms with van der Waals surface area (Å²) in [5.74, 6) is 0.830. The van der Waals surface area contributed by atoms with Crippen molar-refractivity contribution in [2.24, 2.45) is 5.92 Å². The van der Waals surface area contributed by atoms with Crippen molar-refractivity contribution in [2.75, 3.05) is 7.05 Å². The Bertz CT molecular complexity index is 182. The zero-order chi connectivity index (χ0) is 11.3. The van der Waals surface area contributed by atoms with Crippen LogP contribution < -0.4 is 0 Å². The van der Waals surface area contributed by atoms with E-state index in [4.69, 9.17) is 0 Å². The first kappa shape index (κ1) is 13.9. The summed E-state index contributed by atoms with van der Waals surface area (Å²) in [4.78, 5) is 13.6. The number of nitrogens with zero attached hydrogens (tertiary/aromatic N) is 1. The maximum atomic E-state index is 11.8. The van der Waals surface area contributed by atoms with Crippen LogP contribution in [0.2, 0.25) is 0 Å². The summed E-state index contributed by atoms with van der Waals surface area (Å²) in [6.45, 7) is 8.48. The summed E-state index contributed by atoms with van der Waals surface area (Å²) >= 11 is 3.39. The first-order chi connectivity index (χ1) is 6.40. The number of hydrogen-bond acceptors (Lipinski definition) is 1. The van der Waals surface area contributed by atoms with Crippen LogP contribution in [-0.2, 0) is 4.79 Å². The molecule has 0 bridgehead atoms. The molecule has 0 aliphatic rings. The molecule has 0 radical (unpaired) electrons. The smallest absolute Gasteiger partial charge is 0.236 e. The van der Waals surface area contributed by atoms with E-state index < -0.39 is 0 Å². The third-order valence-electron chi connectivity index (χ3n) is 2.45. The standard InChI is InChI=1S/C11H22BrNO/c1-6-10(12)11(14)13(5)9(4)7-8(2)3/h8-10H,6-7H2,1-5H3. The third kappa shape index (κ3) is 4.45. The van der Waals surface area contributed by atoms with Crippen LogP contribution in [0.25, 0.3) is 0 Å². The Hall–Kier alpha value is -0.0500. The van der Waals surface area contributed by atoms with Crippen molar-refractivity contribution in [2.45, 2.75) is 51.4 Å². The molecule has 2 unspecified atom stereocenters. The second-order valence-corrected chi connectivity index (χ2v) is 5.41. The number of carbonyl (C=O) groups excluding carboxylic acids is 1. The minimum Gasteiger partial charge on any atom is -0.342 e. The Balaban J connectivity index is 4.16. The number of halogens is 1. The second kappa shape index (κ2) is 6.44. The summed E-state index contributed by atoms with van der Waals surface area (Å²) in [5, 5.41) is 0. The molecule has 3 heteroatoms. The number of hydrogen-bond donors (Lipinski definition) is 0. The SMILES string of the molecule is CCC(Br)C(=O)N(C)C(C)CC(C)C. The quantitative estimate of drug-likeness (QED) is 0.699. The number of amides is 1. The maximum absolute atomic E-state index is 11.8. The van der Waals surface area contributed by atoms with Gasteiger partial charge in [0, 0.05) is 13.1 Å². The Labute approximate surface area is 96.2 Å². The molecule has 2 nitrogen and oxygen atoms in total. The average Bonchev–Trinajstić information content (AvgIpc) is 2.13. The van der Waals surface area contributed by atoms with Gasteiger partial charge in [-0.1, -0.05) is 36.7 Å². The van der Waals surface area contributed by atoms with Crippen LogP contribution in [0.4, 0.5) is 0 Å². The molecule has 0 aliphatic heterocycles. The number of carbonyl (C=O) groups is 1. The van der Waals surface area contributed by atoms with Gasteiger partial charge in [-0.25, -0.2) is 0 Å². The fourth-order valence-electron chi connectivity index (χ4n) is 1.45. The molecule has 0 saturated heterocycles. The van der Waals surface area contributed by atoms with Gasteiger partial charge in [-0.15, -0.1) is 0 Å². The van der Waals surface area contributed by atoms with Gasteiger partial charge in [0.15, 0.2) is 0 Å². The van der Waals surface area contributed by atoms with E-state index in [1.54, 1.807) is 0 Å². The van der Waals surface area contributed by atoms with E-state index in [0.29, 0.717) is 12.0 Å². The zero-order valence-corrected chi connectivity index (χ0v) is 11.5. The molecule has 0 spiro atoms. The van der Waals surface area contributed by atoms with Crippen LogP contribution in [0, 0.1) is 5.92 Å². The normalized spacial score (nSPS) is 15.4. The van der Waals surface area contributed by atoms with E-state index in [0.717, 1.165) is 12.8 Å². The largest absolute Gasteiger partial charge is 0.342 e. The minimum absolute atomic E-state index is 0.0258. The highest BCUT2D eigenvalue weighted by Crippen LogP contribution is 2.14. The molecule has 84 valence electrons. The molecule has 0 N–H and O–H groups in total. The molecular weight excluding hydrogens is 242 g/mol. The van der Waals surface area contributed by atoms with Gasteiger partial charge in [-0.2, -0.15) is 0 Å². The minimum atomic E-state index is -0.0258. The van der Waals surface area contributed by atoms with E-state index in [1.807, 2.05) is 18.9 Å². The van der Waals surface area contributed by atoms with Crippen molar-refractivity contribution in [3.63, 3.8) is 0 Å². The summed E-state index contributed by atoms with van der Waals surface area (Å²) in [5.41, 5.74) is 0. The molecule has 0 saturated carbocycles. The third-order valence-corrected chi connectivity index (χ3v) is 3.49. The van der Waals surface area contributed by atoms with Gasteiger partial charge in [0.25, 0.3) is 0 Å². The first-order valence-corrected chi connectivity index (χ1v) is 6.22. The average molecular weight is 264 g/mol. The Morgan fingerprint density at radius 2 is 1.86 bits per heavy atom. The van der Waals surface area contributed by atoms with Crippen molar-refractivity contribution in [1.82, 2.24) is 4.90 Å². The van der Waals surface area contributed by atoms with E-state index in [-0.39, 0.29) is 10.7 Å². The summed E-state index contributed by atoms with van der Waals surface area (Å²) in [6.07, 6.45) is 1.91. The summed E-state index contributed by atoms with van der Waals surface area (Å²) in [6, 6.07) is 0.328. The maximum Gasteiger partial charge on any atom is 0.236 e. The molecule has 0 aromatic carbocycles. The molecule has 0 aromatic heterocycles. The second-order valence-electron chi connectivity index (χ2n) is 4.30. The Morgan fingerprint density at radius 3 is 2.21 bits per heavy atom. The Morgan fingerprint density at radius 1 is 1.36 bits per heavy atom. The highest BCUT2D eigenvalue weighted by Gasteiger charge is 2.21. The van der Waals surface area contributed by atoms with Gasteiger partial charge >= 0.3 is 0 Å². The van der Waals surface area contributed by atoms with Crippen LogP contribution in [-0.4, -0.2) is 28.7 Å². The van der Waals surface area contributed by atoms with Gasteiger partial charge in [-0.05, 0) is 25.7 Å². The predicted molar refractivity (Wildman–Crippen MR) is 64.7 cm³/mol. The molecule has 2 atom stereocenters. The highest BCUT2D eigenvalue weighted by molar-refractivity contribution is 9.10. The van der Waals surface area contributed by atoms with Gasteiger partial charge < -0.3 is 4.90 Å². The lowest BCUT2D eigenvalue weighted by atomic mass is 10.0. The van der Waals surface area contributed by atoms with Gasteiger partial charge in [0.2, 0.25) is 5.91 Å². The fourth-order valence-corrected chi connectivity index (χ4v) is 1.78. The molecule has 0 fully saturated rings. The van der Waals surface area contributed by atoms with Crippen molar-refractivity contribution in [1.29, 1.82) is 0 Å². The van der Waals surface area contributed by atoms with Gasteiger partial charge in [-0.3, -0.25) is 4.79 Å². The predicted octanol–water partition coefficient (Wildman–Crippen LogP) is 3.05. The molecule has 14 heavy (non-hydrogen) atoms.